The Kier molecular flexibility index (Phi) is 4.36. The van der Waals surface area contributed by atoms with Gasteiger partial charge in [0.2, 0.25) is 0 Å². The third kappa shape index (κ3) is 2.66. The van der Waals surface area contributed by atoms with E-state index < -0.39 is 22.6 Å². The SMILES string of the molecule is O=C(O)C1(c2c(Cl)cc(-n3ncc(=O)[nH]c3=O)cc2Cl)CCc2ccccc21. The molecule has 142 valence electrons. The van der Waals surface area contributed by atoms with E-state index in [0.717, 1.165) is 16.4 Å². The number of nitrogens with zero attached hydrogens (tertiary/aromatic N) is 2. The number of aryl methyl sites for hydroxylation is 1. The van der Waals surface area contributed by atoms with Crippen molar-refractivity contribution in [1.29, 1.82) is 0 Å². The van der Waals surface area contributed by atoms with Crippen LogP contribution < -0.4 is 11.2 Å². The number of aromatic amines is 1. The van der Waals surface area contributed by atoms with Gasteiger partial charge in [0.25, 0.3) is 5.56 Å². The molecule has 1 aliphatic carbocycles. The molecule has 0 spiro atoms. The number of aliphatic carboxylic acids is 1. The molecule has 2 aromatic carbocycles. The van der Waals surface area contributed by atoms with E-state index in [-0.39, 0.29) is 21.3 Å². The minimum absolute atomic E-state index is 0.0986. The Bertz CT molecular complexity index is 1210. The fourth-order valence-electron chi connectivity index (χ4n) is 3.83. The molecule has 0 bridgehead atoms. The second-order valence-corrected chi connectivity index (χ2v) is 7.32. The van der Waals surface area contributed by atoms with Crippen LogP contribution in [-0.4, -0.2) is 25.8 Å². The number of benzene rings is 2. The second-order valence-electron chi connectivity index (χ2n) is 6.50. The zero-order valence-corrected chi connectivity index (χ0v) is 15.8. The standard InChI is InChI=1S/C19H13Cl2N3O4/c20-13-7-11(24-18(28)23-15(25)9-22-24)8-14(21)16(13)19(17(26)27)6-5-10-3-1-2-4-12(10)19/h1-4,7-9H,5-6H2,(H,26,27)(H,23,25,28). The molecule has 0 fully saturated rings. The number of fused-ring (bicyclic) bond motifs is 1. The van der Waals surface area contributed by atoms with Crippen molar-refractivity contribution in [2.75, 3.05) is 0 Å². The minimum atomic E-state index is -1.38. The van der Waals surface area contributed by atoms with Gasteiger partial charge in [0.05, 0.1) is 5.69 Å². The van der Waals surface area contributed by atoms with E-state index in [1.54, 1.807) is 12.1 Å². The number of carboxylic acid groups (broad SMARTS) is 1. The van der Waals surface area contributed by atoms with Crippen LogP contribution in [-0.2, 0) is 16.6 Å². The van der Waals surface area contributed by atoms with Gasteiger partial charge >= 0.3 is 11.7 Å². The first-order valence-electron chi connectivity index (χ1n) is 8.35. The summed E-state index contributed by atoms with van der Waals surface area (Å²) in [5.41, 5.74) is -0.708. The summed E-state index contributed by atoms with van der Waals surface area (Å²) < 4.78 is 0.930. The van der Waals surface area contributed by atoms with E-state index in [4.69, 9.17) is 23.2 Å². The van der Waals surface area contributed by atoms with Crippen molar-refractivity contribution >= 4 is 29.2 Å². The largest absolute Gasteiger partial charge is 0.480 e. The van der Waals surface area contributed by atoms with Crippen LogP contribution in [0.25, 0.3) is 5.69 Å². The lowest BCUT2D eigenvalue weighted by Gasteiger charge is -2.28. The van der Waals surface area contributed by atoms with Crippen molar-refractivity contribution in [3.8, 4) is 5.69 Å². The average Bonchev–Trinajstić information content (AvgIpc) is 3.02. The average molecular weight is 418 g/mol. The summed E-state index contributed by atoms with van der Waals surface area (Å²) in [6, 6.07) is 10.1. The van der Waals surface area contributed by atoms with Gasteiger partial charge in [-0.05, 0) is 36.1 Å². The summed E-state index contributed by atoms with van der Waals surface area (Å²) in [5.74, 6) is -1.05. The molecule has 1 heterocycles. The Morgan fingerprint density at radius 3 is 2.50 bits per heavy atom. The van der Waals surface area contributed by atoms with E-state index in [2.05, 4.69) is 10.1 Å². The number of carboxylic acids is 1. The Labute approximate surface area is 168 Å². The first-order valence-corrected chi connectivity index (χ1v) is 9.10. The lowest BCUT2D eigenvalue weighted by molar-refractivity contribution is -0.142. The third-order valence-corrected chi connectivity index (χ3v) is 5.62. The molecule has 0 saturated heterocycles. The molecule has 0 amide bonds. The highest BCUT2D eigenvalue weighted by Gasteiger charge is 2.49. The molecule has 0 saturated carbocycles. The van der Waals surface area contributed by atoms with Crippen LogP contribution in [0.4, 0.5) is 0 Å². The van der Waals surface area contributed by atoms with Crippen molar-refractivity contribution < 1.29 is 9.90 Å². The van der Waals surface area contributed by atoms with E-state index >= 15 is 0 Å². The monoisotopic (exact) mass is 417 g/mol. The van der Waals surface area contributed by atoms with E-state index in [0.29, 0.717) is 18.4 Å². The molecule has 2 N–H and O–H groups in total. The van der Waals surface area contributed by atoms with Gasteiger partial charge in [-0.3, -0.25) is 14.6 Å². The summed E-state index contributed by atoms with van der Waals surface area (Å²) >= 11 is 13.0. The van der Waals surface area contributed by atoms with Gasteiger partial charge in [0, 0.05) is 15.6 Å². The summed E-state index contributed by atoms with van der Waals surface area (Å²) in [4.78, 5) is 37.7. The molecule has 0 radical (unpaired) electrons. The van der Waals surface area contributed by atoms with Gasteiger partial charge in [-0.2, -0.15) is 9.78 Å². The Morgan fingerprint density at radius 2 is 1.86 bits per heavy atom. The maximum absolute atomic E-state index is 12.4. The first kappa shape index (κ1) is 18.5. The summed E-state index contributed by atoms with van der Waals surface area (Å²) in [5, 5.41) is 14.1. The molecular weight excluding hydrogens is 405 g/mol. The molecule has 28 heavy (non-hydrogen) atoms. The van der Waals surface area contributed by atoms with Gasteiger partial charge in [0.15, 0.2) is 0 Å². The van der Waals surface area contributed by atoms with Crippen LogP contribution in [0.15, 0.2) is 52.2 Å². The number of halogens is 2. The fraction of sp³-hybridized carbons (Fsp3) is 0.158. The molecule has 1 unspecified atom stereocenters. The number of carbonyl (C=O) groups is 1. The molecule has 4 rings (SSSR count). The number of hydrogen-bond acceptors (Lipinski definition) is 4. The fourth-order valence-corrected chi connectivity index (χ4v) is 4.63. The molecule has 0 aliphatic heterocycles. The lowest BCUT2D eigenvalue weighted by Crippen LogP contribution is -2.36. The molecular formula is C19H13Cl2N3O4. The van der Waals surface area contributed by atoms with E-state index in [9.17, 15) is 19.5 Å². The van der Waals surface area contributed by atoms with Gasteiger partial charge in [-0.1, -0.05) is 47.5 Å². The molecule has 1 atom stereocenters. The van der Waals surface area contributed by atoms with E-state index in [1.807, 2.05) is 12.1 Å². The Balaban J connectivity index is 1.95. The predicted molar refractivity (Wildman–Crippen MR) is 104 cm³/mol. The van der Waals surface area contributed by atoms with Crippen LogP contribution in [0.2, 0.25) is 10.0 Å². The lowest BCUT2D eigenvalue weighted by atomic mass is 9.75. The highest BCUT2D eigenvalue weighted by molar-refractivity contribution is 6.37. The summed E-state index contributed by atoms with van der Waals surface area (Å²) in [7, 11) is 0. The normalized spacial score (nSPS) is 18.1. The number of hydrogen-bond donors (Lipinski definition) is 2. The molecule has 7 nitrogen and oxygen atoms in total. The highest BCUT2D eigenvalue weighted by Crippen LogP contribution is 2.49. The van der Waals surface area contributed by atoms with Crippen LogP contribution in [0.3, 0.4) is 0 Å². The summed E-state index contributed by atoms with van der Waals surface area (Å²) in [6.07, 6.45) is 1.85. The maximum atomic E-state index is 12.4. The van der Waals surface area contributed by atoms with Crippen molar-refractivity contribution in [2.45, 2.75) is 18.3 Å². The zero-order chi connectivity index (χ0) is 20.1. The quantitative estimate of drug-likeness (QED) is 0.680. The highest BCUT2D eigenvalue weighted by atomic mass is 35.5. The smallest absolute Gasteiger partial charge is 0.349 e. The van der Waals surface area contributed by atoms with E-state index in [1.165, 1.54) is 12.1 Å². The van der Waals surface area contributed by atoms with Crippen LogP contribution in [0, 0.1) is 0 Å². The van der Waals surface area contributed by atoms with Crippen molar-refractivity contribution in [3.05, 3.63) is 90.2 Å². The van der Waals surface area contributed by atoms with Crippen LogP contribution in [0.5, 0.6) is 0 Å². The van der Waals surface area contributed by atoms with Crippen molar-refractivity contribution in [1.82, 2.24) is 14.8 Å². The third-order valence-electron chi connectivity index (χ3n) is 5.02. The van der Waals surface area contributed by atoms with Gasteiger partial charge < -0.3 is 5.11 Å². The second kappa shape index (κ2) is 6.61. The zero-order valence-electron chi connectivity index (χ0n) is 14.3. The molecule has 1 aliphatic rings. The van der Waals surface area contributed by atoms with Gasteiger partial charge in [-0.15, -0.1) is 0 Å². The maximum Gasteiger partial charge on any atom is 0.349 e. The number of nitrogens with one attached hydrogen (secondary N) is 1. The van der Waals surface area contributed by atoms with Crippen molar-refractivity contribution in [2.24, 2.45) is 0 Å². The van der Waals surface area contributed by atoms with Gasteiger partial charge in [0.1, 0.15) is 11.6 Å². The topological polar surface area (TPSA) is 105 Å². The number of aromatic nitrogens is 3. The predicted octanol–water partition coefficient (Wildman–Crippen LogP) is 2.54. The molecule has 9 heteroatoms. The number of rotatable bonds is 3. The van der Waals surface area contributed by atoms with Crippen molar-refractivity contribution in [3.63, 3.8) is 0 Å². The molecule has 3 aromatic rings. The first-order chi connectivity index (χ1) is 13.3. The Morgan fingerprint density at radius 1 is 1.18 bits per heavy atom. The van der Waals surface area contributed by atoms with Gasteiger partial charge in [-0.25, -0.2) is 4.79 Å². The Hall–Kier alpha value is -2.90. The number of H-pyrrole nitrogens is 1. The summed E-state index contributed by atoms with van der Waals surface area (Å²) in [6.45, 7) is 0. The van der Waals surface area contributed by atoms with Crippen LogP contribution in [0.1, 0.15) is 23.1 Å². The van der Waals surface area contributed by atoms with Crippen LogP contribution >= 0.6 is 23.2 Å². The minimum Gasteiger partial charge on any atom is -0.480 e. The molecule has 1 aromatic heterocycles.